The number of carbonyl (C=O) groups excluding carboxylic acids is 1. The lowest BCUT2D eigenvalue weighted by atomic mass is 9.76. The van der Waals surface area contributed by atoms with Gasteiger partial charge in [0.05, 0.1) is 5.54 Å². The van der Waals surface area contributed by atoms with Crippen molar-refractivity contribution in [1.29, 1.82) is 0 Å². The molecule has 1 saturated carbocycles. The monoisotopic (exact) mass is 268 g/mol. The maximum atomic E-state index is 12.0. The van der Waals surface area contributed by atoms with Crippen molar-refractivity contribution in [3.8, 4) is 0 Å². The molecule has 1 fully saturated rings. The molecule has 0 spiro atoms. The summed E-state index contributed by atoms with van der Waals surface area (Å²) in [5.74, 6) is 0.887. The number of unbranched alkanes of at least 4 members (excludes halogenated alkanes) is 4. The quantitative estimate of drug-likeness (QED) is 0.663. The van der Waals surface area contributed by atoms with E-state index < -0.39 is 0 Å². The van der Waals surface area contributed by atoms with Gasteiger partial charge < -0.3 is 11.1 Å². The largest absolute Gasteiger partial charge is 0.349 e. The van der Waals surface area contributed by atoms with Crippen LogP contribution in [0.1, 0.15) is 78.1 Å². The number of nitrogens with two attached hydrogens (primary N) is 1. The lowest BCUT2D eigenvalue weighted by Gasteiger charge is -2.40. The second-order valence-electron chi connectivity index (χ2n) is 6.40. The van der Waals surface area contributed by atoms with E-state index in [2.05, 4.69) is 19.2 Å². The molecule has 112 valence electrons. The van der Waals surface area contributed by atoms with Crippen molar-refractivity contribution in [2.75, 3.05) is 6.54 Å². The van der Waals surface area contributed by atoms with Gasteiger partial charge >= 0.3 is 0 Å². The molecule has 0 radical (unpaired) electrons. The van der Waals surface area contributed by atoms with Crippen LogP contribution in [0.25, 0.3) is 0 Å². The van der Waals surface area contributed by atoms with E-state index in [4.69, 9.17) is 5.73 Å². The van der Waals surface area contributed by atoms with Crippen molar-refractivity contribution in [1.82, 2.24) is 5.32 Å². The first-order valence-corrected chi connectivity index (χ1v) is 8.13. The lowest BCUT2D eigenvalue weighted by Crippen LogP contribution is -2.55. The fourth-order valence-electron chi connectivity index (χ4n) is 3.26. The van der Waals surface area contributed by atoms with Crippen LogP contribution in [0.3, 0.4) is 0 Å². The van der Waals surface area contributed by atoms with Crippen molar-refractivity contribution < 1.29 is 4.79 Å². The highest BCUT2D eigenvalue weighted by atomic mass is 16.1. The Morgan fingerprint density at radius 1 is 1.32 bits per heavy atom. The van der Waals surface area contributed by atoms with Gasteiger partial charge in [0.25, 0.3) is 0 Å². The smallest absolute Gasteiger partial charge is 0.220 e. The molecule has 0 aromatic heterocycles. The summed E-state index contributed by atoms with van der Waals surface area (Å²) in [5, 5.41) is 3.24. The lowest BCUT2D eigenvalue weighted by molar-refractivity contribution is -0.123. The molecule has 2 atom stereocenters. The first-order valence-electron chi connectivity index (χ1n) is 8.13. The van der Waals surface area contributed by atoms with E-state index in [0.717, 1.165) is 19.3 Å². The maximum absolute atomic E-state index is 12.0. The fourth-order valence-corrected chi connectivity index (χ4v) is 3.26. The van der Waals surface area contributed by atoms with Crippen LogP contribution in [0.5, 0.6) is 0 Å². The van der Waals surface area contributed by atoms with Crippen molar-refractivity contribution >= 4 is 5.91 Å². The normalized spacial score (nSPS) is 27.2. The van der Waals surface area contributed by atoms with Crippen molar-refractivity contribution in [3.63, 3.8) is 0 Å². The Morgan fingerprint density at radius 2 is 2.05 bits per heavy atom. The minimum absolute atomic E-state index is 0.113. The SMILES string of the molecule is CCCCCCCC(=O)NC1(CN)CCCC(C)C1. The average Bonchev–Trinajstić information content (AvgIpc) is 2.38. The van der Waals surface area contributed by atoms with Gasteiger partial charge in [0, 0.05) is 13.0 Å². The summed E-state index contributed by atoms with van der Waals surface area (Å²) in [5.41, 5.74) is 5.82. The summed E-state index contributed by atoms with van der Waals surface area (Å²) in [6.45, 7) is 5.06. The number of hydrogen-bond donors (Lipinski definition) is 2. The molecule has 0 saturated heterocycles. The van der Waals surface area contributed by atoms with Crippen LogP contribution in [-0.4, -0.2) is 18.0 Å². The average molecular weight is 268 g/mol. The predicted molar refractivity (Wildman–Crippen MR) is 80.9 cm³/mol. The number of rotatable bonds is 8. The summed E-state index contributed by atoms with van der Waals surface area (Å²) in [7, 11) is 0. The van der Waals surface area contributed by atoms with Crippen molar-refractivity contribution in [2.45, 2.75) is 83.6 Å². The van der Waals surface area contributed by atoms with Gasteiger partial charge in [0.2, 0.25) is 5.91 Å². The third-order valence-corrected chi connectivity index (χ3v) is 4.39. The molecule has 3 nitrogen and oxygen atoms in total. The van der Waals surface area contributed by atoms with Crippen LogP contribution >= 0.6 is 0 Å². The highest BCUT2D eigenvalue weighted by Gasteiger charge is 2.34. The highest BCUT2D eigenvalue weighted by molar-refractivity contribution is 5.76. The third-order valence-electron chi connectivity index (χ3n) is 4.39. The minimum Gasteiger partial charge on any atom is -0.349 e. The van der Waals surface area contributed by atoms with Gasteiger partial charge in [0.1, 0.15) is 0 Å². The second kappa shape index (κ2) is 8.57. The highest BCUT2D eigenvalue weighted by Crippen LogP contribution is 2.31. The number of carbonyl (C=O) groups is 1. The zero-order valence-corrected chi connectivity index (χ0v) is 12.8. The van der Waals surface area contributed by atoms with E-state index in [1.54, 1.807) is 0 Å². The van der Waals surface area contributed by atoms with Crippen LogP contribution in [0.4, 0.5) is 0 Å². The second-order valence-corrected chi connectivity index (χ2v) is 6.40. The van der Waals surface area contributed by atoms with Gasteiger partial charge in [-0.3, -0.25) is 4.79 Å². The maximum Gasteiger partial charge on any atom is 0.220 e. The Bertz CT molecular complexity index is 267. The molecule has 2 unspecified atom stereocenters. The molecule has 0 aliphatic heterocycles. The molecule has 0 aromatic rings. The van der Waals surface area contributed by atoms with Gasteiger partial charge in [-0.15, -0.1) is 0 Å². The van der Waals surface area contributed by atoms with Crippen LogP contribution in [0, 0.1) is 5.92 Å². The first-order chi connectivity index (χ1) is 9.12. The summed E-state index contributed by atoms with van der Waals surface area (Å²) in [6, 6.07) is 0. The van der Waals surface area contributed by atoms with Crippen LogP contribution in [0.15, 0.2) is 0 Å². The number of amides is 1. The number of hydrogen-bond acceptors (Lipinski definition) is 2. The van der Waals surface area contributed by atoms with Crippen molar-refractivity contribution in [2.24, 2.45) is 11.7 Å². The van der Waals surface area contributed by atoms with E-state index in [-0.39, 0.29) is 11.4 Å². The molecule has 1 aliphatic rings. The Hall–Kier alpha value is -0.570. The zero-order valence-electron chi connectivity index (χ0n) is 12.8. The van der Waals surface area contributed by atoms with E-state index in [1.807, 2.05) is 0 Å². The summed E-state index contributed by atoms with van der Waals surface area (Å²) in [6.07, 6.45) is 11.2. The van der Waals surface area contributed by atoms with Gasteiger partial charge in [-0.1, -0.05) is 52.4 Å². The van der Waals surface area contributed by atoms with Gasteiger partial charge in [0.15, 0.2) is 0 Å². The Balaban J connectivity index is 2.28. The Labute approximate surface area is 118 Å². The summed E-state index contributed by atoms with van der Waals surface area (Å²) >= 11 is 0. The van der Waals surface area contributed by atoms with E-state index in [1.165, 1.54) is 38.5 Å². The predicted octanol–water partition coefficient (Wildman–Crippen LogP) is 3.37. The molecule has 1 rings (SSSR count). The molecular weight excluding hydrogens is 236 g/mol. The Morgan fingerprint density at radius 3 is 2.68 bits per heavy atom. The molecule has 1 amide bonds. The van der Waals surface area contributed by atoms with E-state index >= 15 is 0 Å². The standard InChI is InChI=1S/C16H32N2O/c1-3-4-5-6-7-10-15(19)18-16(13-17)11-8-9-14(2)12-16/h14H,3-13,17H2,1-2H3,(H,18,19). The van der Waals surface area contributed by atoms with Gasteiger partial charge in [-0.25, -0.2) is 0 Å². The minimum atomic E-state index is -0.113. The molecule has 3 N–H and O–H groups in total. The molecular formula is C16H32N2O. The summed E-state index contributed by atoms with van der Waals surface area (Å²) < 4.78 is 0. The molecule has 0 aromatic carbocycles. The zero-order chi connectivity index (χ0) is 14.1. The van der Waals surface area contributed by atoms with Crippen LogP contribution < -0.4 is 11.1 Å². The van der Waals surface area contributed by atoms with Crippen molar-refractivity contribution in [3.05, 3.63) is 0 Å². The van der Waals surface area contributed by atoms with Crippen LogP contribution in [0.2, 0.25) is 0 Å². The molecule has 1 aliphatic carbocycles. The van der Waals surface area contributed by atoms with Gasteiger partial charge in [-0.2, -0.15) is 0 Å². The molecule has 0 bridgehead atoms. The van der Waals surface area contributed by atoms with Crippen LogP contribution in [-0.2, 0) is 4.79 Å². The van der Waals surface area contributed by atoms with E-state index in [9.17, 15) is 4.79 Å². The molecule has 3 heteroatoms. The summed E-state index contributed by atoms with van der Waals surface area (Å²) in [4.78, 5) is 12.0. The van der Waals surface area contributed by atoms with Gasteiger partial charge in [-0.05, 0) is 25.2 Å². The third kappa shape index (κ3) is 5.94. The topological polar surface area (TPSA) is 55.1 Å². The first kappa shape index (κ1) is 16.5. The Kier molecular flexibility index (Phi) is 7.44. The molecule has 19 heavy (non-hydrogen) atoms. The molecule has 0 heterocycles. The number of nitrogens with one attached hydrogen (secondary N) is 1. The van der Waals surface area contributed by atoms with E-state index in [0.29, 0.717) is 18.9 Å². The fraction of sp³-hybridized carbons (Fsp3) is 0.938.